The van der Waals surface area contributed by atoms with Gasteiger partial charge in [0.15, 0.2) is 5.78 Å². The van der Waals surface area contributed by atoms with Crippen molar-refractivity contribution >= 4 is 23.8 Å². The molecule has 0 bridgehead atoms. The predicted octanol–water partition coefficient (Wildman–Crippen LogP) is 3.44. The van der Waals surface area contributed by atoms with Crippen molar-refractivity contribution in [3.63, 3.8) is 0 Å². The third kappa shape index (κ3) is 4.88. The zero-order chi connectivity index (χ0) is 18.4. The molecule has 128 valence electrons. The van der Waals surface area contributed by atoms with Crippen molar-refractivity contribution in [1.82, 2.24) is 0 Å². The molecule has 0 aliphatic heterocycles. The van der Waals surface area contributed by atoms with Gasteiger partial charge < -0.3 is 10.2 Å². The molecule has 5 nitrogen and oxygen atoms in total. The maximum atomic E-state index is 12.3. The summed E-state index contributed by atoms with van der Waals surface area (Å²) >= 11 is 0. The first-order valence-corrected chi connectivity index (χ1v) is 7.71. The van der Waals surface area contributed by atoms with Crippen LogP contribution in [-0.4, -0.2) is 27.9 Å². The number of benzene rings is 2. The number of aryl methyl sites for hydroxylation is 1. The first-order valence-electron chi connectivity index (χ1n) is 7.71. The summed E-state index contributed by atoms with van der Waals surface area (Å²) in [4.78, 5) is 35.5. The summed E-state index contributed by atoms with van der Waals surface area (Å²) in [6.07, 6.45) is 0.891. The van der Waals surface area contributed by atoms with Crippen molar-refractivity contribution in [1.29, 1.82) is 0 Å². The quantitative estimate of drug-likeness (QED) is 0.596. The number of rotatable bonds is 7. The molecule has 2 aromatic rings. The average molecular weight is 338 g/mol. The maximum Gasteiger partial charge on any atom is 0.332 e. The molecule has 0 spiro atoms. The van der Waals surface area contributed by atoms with E-state index in [-0.39, 0.29) is 5.57 Å². The fraction of sp³-hybridized carbons (Fsp3) is 0.150. The summed E-state index contributed by atoms with van der Waals surface area (Å²) < 4.78 is 0. The van der Waals surface area contributed by atoms with E-state index >= 15 is 0 Å². The van der Waals surface area contributed by atoms with E-state index in [0.29, 0.717) is 11.1 Å². The number of aliphatic carboxylic acids is 2. The summed E-state index contributed by atoms with van der Waals surface area (Å²) in [6.45, 7) is 1.89. The predicted molar refractivity (Wildman–Crippen MR) is 93.3 cm³/mol. The molecule has 0 aromatic heterocycles. The highest BCUT2D eigenvalue weighted by Crippen LogP contribution is 2.22. The van der Waals surface area contributed by atoms with E-state index in [4.69, 9.17) is 0 Å². The molecular weight excluding hydrogens is 320 g/mol. The van der Waals surface area contributed by atoms with Gasteiger partial charge in [0.05, 0.1) is 11.5 Å². The fourth-order valence-corrected chi connectivity index (χ4v) is 2.41. The second kappa shape index (κ2) is 8.06. The van der Waals surface area contributed by atoms with Crippen LogP contribution in [0.25, 0.3) is 6.08 Å². The highest BCUT2D eigenvalue weighted by atomic mass is 16.4. The van der Waals surface area contributed by atoms with Crippen molar-refractivity contribution in [3.8, 4) is 0 Å². The highest BCUT2D eigenvalue weighted by molar-refractivity contribution is 6.03. The lowest BCUT2D eigenvalue weighted by molar-refractivity contribution is -0.143. The molecule has 0 radical (unpaired) electrons. The Balaban J connectivity index is 2.34. The van der Waals surface area contributed by atoms with Gasteiger partial charge in [-0.05, 0) is 18.6 Å². The topological polar surface area (TPSA) is 91.7 Å². The van der Waals surface area contributed by atoms with E-state index in [1.165, 1.54) is 6.08 Å². The smallest absolute Gasteiger partial charge is 0.332 e. The van der Waals surface area contributed by atoms with E-state index in [9.17, 15) is 24.6 Å². The zero-order valence-electron chi connectivity index (χ0n) is 13.7. The Hall–Kier alpha value is -3.21. The minimum absolute atomic E-state index is 0.319. The molecule has 1 unspecified atom stereocenters. The number of carboxylic acids is 2. The Morgan fingerprint density at radius 3 is 2.08 bits per heavy atom. The Bertz CT molecular complexity index is 804. The first-order chi connectivity index (χ1) is 11.9. The van der Waals surface area contributed by atoms with Gasteiger partial charge in [-0.25, -0.2) is 4.79 Å². The molecule has 1 atom stereocenters. The van der Waals surface area contributed by atoms with Gasteiger partial charge in [-0.2, -0.15) is 0 Å². The number of Topliss-reactive ketones (excluding diaryl/α,β-unsaturated/α-hetero) is 1. The van der Waals surface area contributed by atoms with Crippen LogP contribution in [0.1, 0.15) is 27.9 Å². The fourth-order valence-electron chi connectivity index (χ4n) is 2.41. The lowest BCUT2D eigenvalue weighted by atomic mass is 9.90. The van der Waals surface area contributed by atoms with Crippen molar-refractivity contribution in [2.45, 2.75) is 13.3 Å². The third-order valence-corrected chi connectivity index (χ3v) is 3.81. The number of hydrogen-bond donors (Lipinski definition) is 2. The van der Waals surface area contributed by atoms with Crippen molar-refractivity contribution in [3.05, 3.63) is 76.9 Å². The van der Waals surface area contributed by atoms with Crippen LogP contribution in [0.3, 0.4) is 0 Å². The Labute approximate surface area is 145 Å². The SMILES string of the molecule is Cc1ccc(C=C(C(=O)O)C(CC(=O)c2ccccc2)C(=O)O)cc1. The molecule has 0 saturated heterocycles. The van der Waals surface area contributed by atoms with E-state index in [1.807, 2.05) is 6.92 Å². The van der Waals surface area contributed by atoms with E-state index in [2.05, 4.69) is 0 Å². The average Bonchev–Trinajstić information content (AvgIpc) is 2.59. The standard InChI is InChI=1S/C20H18O5/c1-13-7-9-14(10-8-13)11-16(19(22)23)17(20(24)25)12-18(21)15-5-3-2-4-6-15/h2-11,17H,12H2,1H3,(H,22,23)(H,24,25). The summed E-state index contributed by atoms with van der Waals surface area (Å²) in [6, 6.07) is 15.2. The van der Waals surface area contributed by atoms with Gasteiger partial charge in [-0.3, -0.25) is 9.59 Å². The first kappa shape index (κ1) is 18.1. The van der Waals surface area contributed by atoms with Gasteiger partial charge in [0.1, 0.15) is 0 Å². The molecule has 0 amide bonds. The second-order valence-corrected chi connectivity index (χ2v) is 5.70. The molecule has 0 fully saturated rings. The third-order valence-electron chi connectivity index (χ3n) is 3.81. The van der Waals surface area contributed by atoms with Crippen LogP contribution in [-0.2, 0) is 9.59 Å². The molecule has 0 saturated carbocycles. The lowest BCUT2D eigenvalue weighted by Crippen LogP contribution is -2.24. The highest BCUT2D eigenvalue weighted by Gasteiger charge is 2.30. The van der Waals surface area contributed by atoms with Gasteiger partial charge >= 0.3 is 11.9 Å². The number of carbonyl (C=O) groups is 3. The molecule has 2 aromatic carbocycles. The van der Waals surface area contributed by atoms with Crippen LogP contribution in [0.15, 0.2) is 60.2 Å². The maximum absolute atomic E-state index is 12.3. The molecular formula is C20H18O5. The van der Waals surface area contributed by atoms with E-state index in [0.717, 1.165) is 5.56 Å². The lowest BCUT2D eigenvalue weighted by Gasteiger charge is -2.13. The Morgan fingerprint density at radius 2 is 1.56 bits per heavy atom. The van der Waals surface area contributed by atoms with Crippen LogP contribution < -0.4 is 0 Å². The van der Waals surface area contributed by atoms with Gasteiger partial charge in [0.2, 0.25) is 0 Å². The van der Waals surface area contributed by atoms with Crippen LogP contribution in [0.5, 0.6) is 0 Å². The molecule has 5 heteroatoms. The molecule has 0 aliphatic carbocycles. The minimum Gasteiger partial charge on any atom is -0.481 e. The molecule has 2 rings (SSSR count). The number of carboxylic acid groups (broad SMARTS) is 2. The van der Waals surface area contributed by atoms with Gasteiger partial charge in [-0.1, -0.05) is 60.2 Å². The van der Waals surface area contributed by atoms with Crippen LogP contribution >= 0.6 is 0 Å². The van der Waals surface area contributed by atoms with Gasteiger partial charge in [0.25, 0.3) is 0 Å². The number of ketones is 1. The molecule has 25 heavy (non-hydrogen) atoms. The summed E-state index contributed by atoms with van der Waals surface area (Å²) in [5, 5.41) is 18.9. The second-order valence-electron chi connectivity index (χ2n) is 5.70. The van der Waals surface area contributed by atoms with Crippen molar-refractivity contribution in [2.24, 2.45) is 5.92 Å². The van der Waals surface area contributed by atoms with Crippen LogP contribution in [0.4, 0.5) is 0 Å². The summed E-state index contributed by atoms with van der Waals surface area (Å²) in [5.74, 6) is -4.53. The molecule has 0 aliphatic rings. The Morgan fingerprint density at radius 1 is 0.960 bits per heavy atom. The molecule has 2 N–H and O–H groups in total. The van der Waals surface area contributed by atoms with Crippen LogP contribution in [0.2, 0.25) is 0 Å². The largest absolute Gasteiger partial charge is 0.481 e. The van der Waals surface area contributed by atoms with Gasteiger partial charge in [0, 0.05) is 12.0 Å². The number of carbonyl (C=O) groups excluding carboxylic acids is 1. The van der Waals surface area contributed by atoms with Crippen molar-refractivity contribution in [2.75, 3.05) is 0 Å². The van der Waals surface area contributed by atoms with E-state index < -0.39 is 30.1 Å². The minimum atomic E-state index is -1.42. The molecule has 0 heterocycles. The van der Waals surface area contributed by atoms with E-state index in [1.54, 1.807) is 54.6 Å². The Kier molecular flexibility index (Phi) is 5.84. The monoisotopic (exact) mass is 338 g/mol. The van der Waals surface area contributed by atoms with Gasteiger partial charge in [-0.15, -0.1) is 0 Å². The summed E-state index contributed by atoms with van der Waals surface area (Å²) in [7, 11) is 0. The normalized spacial score (nSPS) is 12.4. The number of hydrogen-bond acceptors (Lipinski definition) is 3. The van der Waals surface area contributed by atoms with Crippen LogP contribution in [0, 0.1) is 12.8 Å². The zero-order valence-corrected chi connectivity index (χ0v) is 13.7. The van der Waals surface area contributed by atoms with Crippen molar-refractivity contribution < 1.29 is 24.6 Å². The summed E-state index contributed by atoms with van der Waals surface area (Å²) in [5.41, 5.74) is 1.61.